The lowest BCUT2D eigenvalue weighted by molar-refractivity contribution is 0.469. The zero-order valence-electron chi connectivity index (χ0n) is 11.8. The number of halogens is 1. The van der Waals surface area contributed by atoms with Crippen LogP contribution in [-0.4, -0.2) is 29.6 Å². The number of nitrogens with two attached hydrogens (primary N) is 1. The van der Waals surface area contributed by atoms with Gasteiger partial charge in [0.2, 0.25) is 10.0 Å². The fourth-order valence-electron chi connectivity index (χ4n) is 1.87. The number of rotatable bonds is 6. The second-order valence-electron chi connectivity index (χ2n) is 4.63. The SMILES string of the molecule is CCCn1cc(S(=O)(=O)N(C)Cc2cc(Br)cs2)c(N)n1. The topological polar surface area (TPSA) is 81.2 Å². The minimum atomic E-state index is -3.64. The monoisotopic (exact) mass is 392 g/mol. The highest BCUT2D eigenvalue weighted by molar-refractivity contribution is 9.10. The highest BCUT2D eigenvalue weighted by Gasteiger charge is 2.26. The molecule has 0 bridgehead atoms. The number of aromatic nitrogens is 2. The molecule has 116 valence electrons. The number of hydrogen-bond donors (Lipinski definition) is 1. The number of hydrogen-bond acceptors (Lipinski definition) is 5. The van der Waals surface area contributed by atoms with Crippen molar-refractivity contribution in [3.8, 4) is 0 Å². The van der Waals surface area contributed by atoms with E-state index in [0.717, 1.165) is 15.8 Å². The van der Waals surface area contributed by atoms with Gasteiger partial charge in [-0.25, -0.2) is 8.42 Å². The number of anilines is 1. The van der Waals surface area contributed by atoms with E-state index in [1.807, 2.05) is 18.4 Å². The minimum absolute atomic E-state index is 0.0441. The van der Waals surface area contributed by atoms with Gasteiger partial charge >= 0.3 is 0 Å². The fraction of sp³-hybridized carbons (Fsp3) is 0.417. The molecule has 0 saturated carbocycles. The average molecular weight is 393 g/mol. The fourth-order valence-corrected chi connectivity index (χ4v) is 4.66. The van der Waals surface area contributed by atoms with Crippen LogP contribution in [0.5, 0.6) is 0 Å². The van der Waals surface area contributed by atoms with Crippen molar-refractivity contribution < 1.29 is 8.42 Å². The number of sulfonamides is 1. The Labute approximate surface area is 136 Å². The van der Waals surface area contributed by atoms with Crippen LogP contribution in [0.4, 0.5) is 5.82 Å². The maximum atomic E-state index is 12.6. The summed E-state index contributed by atoms with van der Waals surface area (Å²) in [7, 11) is -2.10. The quantitative estimate of drug-likeness (QED) is 0.818. The molecule has 0 spiro atoms. The van der Waals surface area contributed by atoms with E-state index < -0.39 is 10.0 Å². The van der Waals surface area contributed by atoms with Crippen molar-refractivity contribution in [3.05, 3.63) is 27.0 Å². The first kappa shape index (κ1) is 16.5. The number of nitrogens with zero attached hydrogens (tertiary/aromatic N) is 3. The van der Waals surface area contributed by atoms with Gasteiger partial charge in [0.15, 0.2) is 5.82 Å². The number of nitrogen functional groups attached to an aromatic ring is 1. The van der Waals surface area contributed by atoms with Gasteiger partial charge in [-0.15, -0.1) is 11.3 Å². The van der Waals surface area contributed by atoms with Gasteiger partial charge in [-0.3, -0.25) is 4.68 Å². The van der Waals surface area contributed by atoms with Gasteiger partial charge in [0.1, 0.15) is 4.90 Å². The largest absolute Gasteiger partial charge is 0.381 e. The Morgan fingerprint density at radius 3 is 2.81 bits per heavy atom. The van der Waals surface area contributed by atoms with Crippen LogP contribution in [-0.2, 0) is 23.1 Å². The third-order valence-corrected chi connectivity index (χ3v) is 6.40. The van der Waals surface area contributed by atoms with Crippen LogP contribution >= 0.6 is 27.3 Å². The first-order chi connectivity index (χ1) is 9.84. The van der Waals surface area contributed by atoms with E-state index in [0.29, 0.717) is 13.1 Å². The highest BCUT2D eigenvalue weighted by atomic mass is 79.9. The van der Waals surface area contributed by atoms with Crippen molar-refractivity contribution in [1.82, 2.24) is 14.1 Å². The van der Waals surface area contributed by atoms with Crippen molar-refractivity contribution in [2.45, 2.75) is 31.3 Å². The predicted molar refractivity (Wildman–Crippen MR) is 87.6 cm³/mol. The van der Waals surface area contributed by atoms with Gasteiger partial charge in [0.05, 0.1) is 0 Å². The molecule has 0 atom stereocenters. The van der Waals surface area contributed by atoms with Crippen LogP contribution in [0, 0.1) is 0 Å². The molecule has 0 fully saturated rings. The molecule has 0 aliphatic carbocycles. The first-order valence-electron chi connectivity index (χ1n) is 6.36. The summed E-state index contributed by atoms with van der Waals surface area (Å²) in [5.41, 5.74) is 5.75. The Morgan fingerprint density at radius 2 is 2.24 bits per heavy atom. The van der Waals surface area contributed by atoms with E-state index in [2.05, 4.69) is 21.0 Å². The number of aryl methyl sites for hydroxylation is 1. The van der Waals surface area contributed by atoms with Crippen LogP contribution in [0.1, 0.15) is 18.2 Å². The van der Waals surface area contributed by atoms with Crippen LogP contribution in [0.15, 0.2) is 27.0 Å². The lowest BCUT2D eigenvalue weighted by atomic mass is 10.5. The lowest BCUT2D eigenvalue weighted by Crippen LogP contribution is -2.26. The zero-order chi connectivity index (χ0) is 15.6. The van der Waals surface area contributed by atoms with Gasteiger partial charge in [0, 0.05) is 41.1 Å². The smallest absolute Gasteiger partial charge is 0.248 e. The third kappa shape index (κ3) is 3.65. The molecule has 0 saturated heterocycles. The molecule has 2 rings (SSSR count). The predicted octanol–water partition coefficient (Wildman–Crippen LogP) is 2.52. The highest BCUT2D eigenvalue weighted by Crippen LogP contribution is 2.25. The first-order valence-corrected chi connectivity index (χ1v) is 9.48. The normalized spacial score (nSPS) is 12.2. The van der Waals surface area contributed by atoms with Crippen LogP contribution in [0.2, 0.25) is 0 Å². The summed E-state index contributed by atoms with van der Waals surface area (Å²) in [4.78, 5) is 1.02. The molecule has 2 heterocycles. The average Bonchev–Trinajstić information content (AvgIpc) is 2.96. The third-order valence-electron chi connectivity index (χ3n) is 2.90. The summed E-state index contributed by atoms with van der Waals surface area (Å²) in [5, 5.41) is 5.96. The number of thiophene rings is 1. The van der Waals surface area contributed by atoms with Crippen molar-refractivity contribution in [3.63, 3.8) is 0 Å². The molecule has 6 nitrogen and oxygen atoms in total. The Kier molecular flexibility index (Phi) is 5.07. The second kappa shape index (κ2) is 6.47. The van der Waals surface area contributed by atoms with E-state index in [1.165, 1.54) is 21.8 Å². The van der Waals surface area contributed by atoms with Gasteiger partial charge in [0.25, 0.3) is 0 Å². The summed E-state index contributed by atoms with van der Waals surface area (Å²) >= 11 is 4.86. The van der Waals surface area contributed by atoms with Gasteiger partial charge in [-0.1, -0.05) is 6.92 Å². The Bertz CT molecular complexity index is 723. The van der Waals surface area contributed by atoms with Crippen molar-refractivity contribution in [1.29, 1.82) is 0 Å². The van der Waals surface area contributed by atoms with E-state index in [1.54, 1.807) is 11.7 Å². The maximum Gasteiger partial charge on any atom is 0.248 e. The van der Waals surface area contributed by atoms with Gasteiger partial charge in [-0.2, -0.15) is 9.40 Å². The van der Waals surface area contributed by atoms with Crippen LogP contribution in [0.3, 0.4) is 0 Å². The van der Waals surface area contributed by atoms with E-state index in [-0.39, 0.29) is 10.7 Å². The molecular weight excluding hydrogens is 376 g/mol. The van der Waals surface area contributed by atoms with Gasteiger partial charge in [-0.05, 0) is 28.4 Å². The summed E-state index contributed by atoms with van der Waals surface area (Å²) < 4.78 is 28.9. The van der Waals surface area contributed by atoms with E-state index in [4.69, 9.17) is 5.73 Å². The van der Waals surface area contributed by atoms with Crippen molar-refractivity contribution >= 4 is 43.1 Å². The molecule has 0 unspecified atom stereocenters. The Hall–Kier alpha value is -0.900. The molecule has 2 N–H and O–H groups in total. The lowest BCUT2D eigenvalue weighted by Gasteiger charge is -2.15. The molecule has 9 heteroatoms. The van der Waals surface area contributed by atoms with Gasteiger partial charge < -0.3 is 5.73 Å². The standard InChI is InChI=1S/C12H17BrN4O2S2/c1-3-4-17-7-11(12(14)15-17)21(18,19)16(2)6-10-5-9(13)8-20-10/h5,7-8H,3-4,6H2,1-2H3,(H2,14,15). The molecule has 0 aromatic carbocycles. The molecule has 0 aliphatic heterocycles. The summed E-state index contributed by atoms with van der Waals surface area (Å²) in [6, 6.07) is 1.90. The molecule has 0 amide bonds. The Balaban J connectivity index is 2.24. The van der Waals surface area contributed by atoms with Crippen molar-refractivity contribution in [2.75, 3.05) is 12.8 Å². The molecule has 0 aliphatic rings. The minimum Gasteiger partial charge on any atom is -0.381 e. The molecule has 2 aromatic rings. The van der Waals surface area contributed by atoms with E-state index in [9.17, 15) is 8.42 Å². The Morgan fingerprint density at radius 1 is 1.52 bits per heavy atom. The van der Waals surface area contributed by atoms with Crippen LogP contribution in [0.25, 0.3) is 0 Å². The summed E-state index contributed by atoms with van der Waals surface area (Å²) in [6.45, 7) is 2.94. The molecule has 21 heavy (non-hydrogen) atoms. The van der Waals surface area contributed by atoms with Crippen molar-refractivity contribution in [2.24, 2.45) is 0 Å². The van der Waals surface area contributed by atoms with Crippen LogP contribution < -0.4 is 5.73 Å². The molecular formula is C12H17BrN4O2S2. The maximum absolute atomic E-state index is 12.6. The molecule has 0 radical (unpaired) electrons. The second-order valence-corrected chi connectivity index (χ2v) is 8.56. The van der Waals surface area contributed by atoms with E-state index >= 15 is 0 Å². The summed E-state index contributed by atoms with van der Waals surface area (Å²) in [6.07, 6.45) is 2.36. The summed E-state index contributed by atoms with van der Waals surface area (Å²) in [5.74, 6) is 0.0441. The zero-order valence-corrected chi connectivity index (χ0v) is 15.0. The molecule has 2 aromatic heterocycles.